The van der Waals surface area contributed by atoms with Crippen LogP contribution in [0.15, 0.2) is 12.7 Å². The first-order chi connectivity index (χ1) is 20.3. The molecule has 3 fully saturated rings. The predicted octanol–water partition coefficient (Wildman–Crippen LogP) is 6.67. The van der Waals surface area contributed by atoms with Gasteiger partial charge in [-0.1, -0.05) is 31.9 Å². The van der Waals surface area contributed by atoms with Gasteiger partial charge in [0.25, 0.3) is 0 Å². The Balaban J connectivity index is 0.00000675. The van der Waals surface area contributed by atoms with E-state index in [1.807, 2.05) is 0 Å². The van der Waals surface area contributed by atoms with Crippen LogP contribution in [0, 0.1) is 0 Å². The van der Waals surface area contributed by atoms with Crippen LogP contribution in [0.5, 0.6) is 0 Å². The van der Waals surface area contributed by atoms with Crippen LogP contribution in [0.4, 0.5) is 9.59 Å². The van der Waals surface area contributed by atoms with Crippen LogP contribution < -0.4 is 24.0 Å². The molecule has 0 radical (unpaired) electrons. The molecule has 3 aliphatic rings. The van der Waals surface area contributed by atoms with Crippen molar-refractivity contribution in [2.24, 2.45) is 0 Å². The van der Waals surface area contributed by atoms with Crippen molar-refractivity contribution in [2.75, 3.05) is 12.8 Å². The summed E-state index contributed by atoms with van der Waals surface area (Å²) < 4.78 is 17.0. The van der Waals surface area contributed by atoms with Crippen LogP contribution in [0.1, 0.15) is 144 Å². The molecule has 254 valence electrons. The van der Waals surface area contributed by atoms with Crippen molar-refractivity contribution in [3.8, 4) is 0 Å². The first kappa shape index (κ1) is 39.3. The van der Waals surface area contributed by atoms with Crippen LogP contribution in [-0.2, 0) is 19.0 Å². The third kappa shape index (κ3) is 11.1. The fourth-order valence-electron chi connectivity index (χ4n) is 8.01. The van der Waals surface area contributed by atoms with Gasteiger partial charge in [0.05, 0.1) is 23.1 Å². The van der Waals surface area contributed by atoms with Crippen LogP contribution in [-0.4, -0.2) is 70.0 Å². The van der Waals surface area contributed by atoms with Gasteiger partial charge in [-0.05, 0) is 119 Å². The summed E-state index contributed by atoms with van der Waals surface area (Å²) in [5, 5.41) is 0. The molecule has 3 aliphatic carbocycles. The zero-order valence-corrected chi connectivity index (χ0v) is 31.6. The maximum atomic E-state index is 13.8. The Morgan fingerprint density at radius 2 is 1.09 bits per heavy atom. The number of carbonyl (C=O) groups excluding carboxylic acids is 3. The second-order valence-electron chi connectivity index (χ2n) is 15.1. The summed E-state index contributed by atoms with van der Waals surface area (Å²) in [4.78, 5) is 42.2. The first-order valence-electron chi connectivity index (χ1n) is 17.2. The Kier molecular flexibility index (Phi) is 16.0. The third-order valence-corrected chi connectivity index (χ3v) is 16.3. The zero-order chi connectivity index (χ0) is 31.7. The Hall–Kier alpha value is -0.890. The number of amides is 2. The second kappa shape index (κ2) is 17.9. The summed E-state index contributed by atoms with van der Waals surface area (Å²) >= 11 is 0. The zero-order valence-electron chi connectivity index (χ0n) is 28.5. The lowest BCUT2D eigenvalue weighted by molar-refractivity contribution is -0.148. The smallest absolute Gasteiger partial charge is 0.420 e. The van der Waals surface area contributed by atoms with Gasteiger partial charge in [0.2, 0.25) is 0 Å². The molecule has 0 bridgehead atoms. The number of halogens is 1. The monoisotopic (exact) mass is 749 g/mol. The number of ether oxygens (including phenoxy) is 3. The molecule has 9 heteroatoms. The number of carbonyl (C=O) groups is 3. The Labute approximate surface area is 285 Å². The molecule has 0 N–H and O–H groups in total. The molecule has 7 nitrogen and oxygen atoms in total. The van der Waals surface area contributed by atoms with E-state index in [-0.39, 0.29) is 30.6 Å². The highest BCUT2D eigenvalue weighted by Gasteiger charge is 2.57. The average Bonchev–Trinajstić information content (AvgIpc) is 2.95. The Bertz CT molecular complexity index is 853. The molecule has 3 rings (SSSR count). The van der Waals surface area contributed by atoms with Crippen molar-refractivity contribution >= 4 is 25.4 Å². The van der Waals surface area contributed by atoms with Gasteiger partial charge in [-0.3, -0.25) is 0 Å². The summed E-state index contributed by atoms with van der Waals surface area (Å²) in [6, 6.07) is -1.11. The maximum absolute atomic E-state index is 13.8. The Morgan fingerprint density at radius 3 is 1.41 bits per heavy atom. The van der Waals surface area contributed by atoms with E-state index in [1.165, 1.54) is 102 Å². The molecule has 0 spiro atoms. The number of hydrogen-bond donors (Lipinski definition) is 0. The molecule has 44 heavy (non-hydrogen) atoms. The van der Waals surface area contributed by atoms with E-state index in [1.54, 1.807) is 41.5 Å². The average molecular weight is 750 g/mol. The molecule has 0 saturated heterocycles. The van der Waals surface area contributed by atoms with Crippen LogP contribution in [0.3, 0.4) is 0 Å². The van der Waals surface area contributed by atoms with Crippen molar-refractivity contribution in [3.63, 3.8) is 0 Å². The van der Waals surface area contributed by atoms with Gasteiger partial charge in [-0.2, -0.15) is 4.90 Å². The molecule has 2 amide bonds. The molecule has 0 aromatic rings. The number of imide groups is 1. The van der Waals surface area contributed by atoms with E-state index in [0.717, 1.165) is 11.1 Å². The fraction of sp³-hybridized carbons (Fsp3) is 0.857. The van der Waals surface area contributed by atoms with Gasteiger partial charge in [0.15, 0.2) is 0 Å². The van der Waals surface area contributed by atoms with Crippen molar-refractivity contribution in [1.29, 1.82) is 0 Å². The van der Waals surface area contributed by atoms with Gasteiger partial charge in [-0.25, -0.2) is 14.4 Å². The topological polar surface area (TPSA) is 82.1 Å². The molecule has 0 aliphatic heterocycles. The van der Waals surface area contributed by atoms with Crippen molar-refractivity contribution in [2.45, 2.75) is 178 Å². The van der Waals surface area contributed by atoms with E-state index < -0.39 is 42.7 Å². The second-order valence-corrected chi connectivity index (χ2v) is 19.8. The van der Waals surface area contributed by atoms with Gasteiger partial charge in [-0.15, -0.1) is 0 Å². The van der Waals surface area contributed by atoms with Gasteiger partial charge in [0, 0.05) is 13.7 Å². The number of hydrogen-bond acceptors (Lipinski definition) is 6. The number of esters is 1. The summed E-state index contributed by atoms with van der Waals surface area (Å²) in [6.07, 6.45) is 20.5. The summed E-state index contributed by atoms with van der Waals surface area (Å²) in [5.41, 5.74) is 0.447. The lowest BCUT2D eigenvalue weighted by atomic mass is 9.99. The normalized spacial score (nSPS) is 20.1. The van der Waals surface area contributed by atoms with E-state index in [4.69, 9.17) is 14.2 Å². The standard InChI is InChI=1S/C35H61NO6P.HI/c1-8-25-40-31(37)30(36(32(38)41-34(2,3)4)33(39)42-35(5,6)7)24-26-43(27-18-12-9-13-19-27,28-20-14-10-15-21-28)29-22-16-11-17-23-29;/h8,27-30H,1,9-26H2,2-7H3;1H/q+1;/p-1. The molecule has 1 unspecified atom stereocenters. The maximum Gasteiger partial charge on any atom is 0.420 e. The Morgan fingerprint density at radius 1 is 0.727 bits per heavy atom. The largest absolute Gasteiger partial charge is 1.00 e. The molecular formula is C35H61INO6P. The lowest BCUT2D eigenvalue weighted by Crippen LogP contribution is -3.00. The first-order valence-corrected chi connectivity index (χ1v) is 19.4. The minimum atomic E-state index is -1.58. The van der Waals surface area contributed by atoms with Crippen molar-refractivity contribution < 1.29 is 52.6 Å². The van der Waals surface area contributed by atoms with E-state index in [2.05, 4.69) is 6.58 Å². The highest BCUT2D eigenvalue weighted by Crippen LogP contribution is 2.77. The fourth-order valence-corrected chi connectivity index (χ4v) is 15.6. The summed E-state index contributed by atoms with van der Waals surface area (Å²) in [7, 11) is -1.58. The molecule has 3 saturated carbocycles. The number of rotatable bonds is 10. The van der Waals surface area contributed by atoms with E-state index in [0.29, 0.717) is 23.4 Å². The van der Waals surface area contributed by atoms with Crippen LogP contribution in [0.2, 0.25) is 0 Å². The lowest BCUT2D eigenvalue weighted by Gasteiger charge is -2.49. The molecule has 0 heterocycles. The minimum Gasteiger partial charge on any atom is -1.00 e. The minimum absolute atomic E-state index is 0. The van der Waals surface area contributed by atoms with Gasteiger partial charge >= 0.3 is 18.2 Å². The van der Waals surface area contributed by atoms with Gasteiger partial charge < -0.3 is 38.2 Å². The highest BCUT2D eigenvalue weighted by atomic mass is 127. The molecule has 0 aromatic heterocycles. The predicted molar refractivity (Wildman–Crippen MR) is 176 cm³/mol. The van der Waals surface area contributed by atoms with E-state index in [9.17, 15) is 14.4 Å². The van der Waals surface area contributed by atoms with Crippen LogP contribution >= 0.6 is 7.26 Å². The highest BCUT2D eigenvalue weighted by molar-refractivity contribution is 7.77. The van der Waals surface area contributed by atoms with Gasteiger partial charge in [0.1, 0.15) is 23.9 Å². The van der Waals surface area contributed by atoms with Crippen LogP contribution in [0.25, 0.3) is 0 Å². The summed E-state index contributed by atoms with van der Waals surface area (Å²) in [5.74, 6) is -0.592. The van der Waals surface area contributed by atoms with E-state index >= 15 is 0 Å². The molecule has 0 aromatic carbocycles. The van der Waals surface area contributed by atoms with Crippen molar-refractivity contribution in [1.82, 2.24) is 4.90 Å². The number of nitrogens with zero attached hydrogens (tertiary/aromatic N) is 1. The third-order valence-electron chi connectivity index (χ3n) is 9.66. The quantitative estimate of drug-likeness (QED) is 0.0817. The molecule has 1 atom stereocenters. The summed E-state index contributed by atoms with van der Waals surface area (Å²) in [6.45, 7) is 14.3. The van der Waals surface area contributed by atoms with Crippen molar-refractivity contribution in [3.05, 3.63) is 12.7 Å². The SMILES string of the molecule is C=CCOC(=O)C(CC[P+](C1CCCCC1)(C1CCCCC1)C1CCCCC1)N(C(=O)OC(C)(C)C)C(=O)OC(C)(C)C.[I-]. The molecular weight excluding hydrogens is 688 g/mol.